The fraction of sp³-hybridized carbons (Fsp3) is 0.118. The van der Waals surface area contributed by atoms with Crippen LogP contribution in [0.15, 0.2) is 54.6 Å². The summed E-state index contributed by atoms with van der Waals surface area (Å²) in [4.78, 5) is 34.5. The molecule has 0 saturated heterocycles. The van der Waals surface area contributed by atoms with Gasteiger partial charge in [-0.1, -0.05) is 30.3 Å². The smallest absolute Gasteiger partial charge is 0.342 e. The highest BCUT2D eigenvalue weighted by Crippen LogP contribution is 2.25. The number of hydrogen-bond acceptors (Lipinski definition) is 5. The predicted octanol–water partition coefficient (Wildman–Crippen LogP) is 2.22. The molecular weight excluding hydrogens is 312 g/mol. The Morgan fingerprint density at radius 3 is 2.29 bits per heavy atom. The number of nitrogens with one attached hydrogen (secondary N) is 1. The normalized spacial score (nSPS) is 11.2. The highest BCUT2D eigenvalue weighted by atomic mass is 16.5. The number of hydrogen-bond donors (Lipinski definition) is 2. The zero-order valence-electron chi connectivity index (χ0n) is 12.9. The second kappa shape index (κ2) is 7.77. The Bertz CT molecular complexity index is 746. The number of carbonyl (C=O) groups is 3. The first kappa shape index (κ1) is 17.0. The van der Waals surface area contributed by atoms with Gasteiger partial charge in [0.1, 0.15) is 17.1 Å². The van der Waals surface area contributed by atoms with Crippen molar-refractivity contribution < 1.29 is 23.9 Å². The lowest BCUT2D eigenvalue weighted by atomic mass is 10.2. The van der Waals surface area contributed by atoms with E-state index in [4.69, 9.17) is 15.2 Å². The number of amides is 3. The van der Waals surface area contributed by atoms with E-state index in [1.165, 1.54) is 13.0 Å². The van der Waals surface area contributed by atoms with Crippen LogP contribution >= 0.6 is 0 Å². The third kappa shape index (κ3) is 4.57. The van der Waals surface area contributed by atoms with Crippen molar-refractivity contribution in [3.05, 3.63) is 60.2 Å². The molecule has 2 aromatic rings. The number of primary amides is 1. The van der Waals surface area contributed by atoms with E-state index in [-0.39, 0.29) is 11.3 Å². The zero-order valence-corrected chi connectivity index (χ0v) is 12.9. The highest BCUT2D eigenvalue weighted by Gasteiger charge is 2.22. The van der Waals surface area contributed by atoms with Crippen molar-refractivity contribution in [3.63, 3.8) is 0 Å². The molecule has 24 heavy (non-hydrogen) atoms. The molecule has 2 rings (SSSR count). The fourth-order valence-electron chi connectivity index (χ4n) is 1.84. The second-order valence-corrected chi connectivity index (χ2v) is 4.81. The number of esters is 1. The summed E-state index contributed by atoms with van der Waals surface area (Å²) in [6.45, 7) is 1.33. The van der Waals surface area contributed by atoms with Crippen LogP contribution in [0.2, 0.25) is 0 Å². The van der Waals surface area contributed by atoms with Crippen molar-refractivity contribution in [2.24, 2.45) is 5.73 Å². The molecule has 0 spiro atoms. The maximum absolute atomic E-state index is 12.3. The van der Waals surface area contributed by atoms with E-state index in [9.17, 15) is 14.4 Å². The average Bonchev–Trinajstić information content (AvgIpc) is 2.55. The monoisotopic (exact) mass is 328 g/mol. The molecule has 3 N–H and O–H groups in total. The first-order valence-electron chi connectivity index (χ1n) is 7.10. The molecule has 124 valence electrons. The Morgan fingerprint density at radius 1 is 1.00 bits per heavy atom. The van der Waals surface area contributed by atoms with Gasteiger partial charge in [0.15, 0.2) is 6.10 Å². The van der Waals surface area contributed by atoms with Crippen molar-refractivity contribution >= 4 is 17.9 Å². The summed E-state index contributed by atoms with van der Waals surface area (Å²) < 4.78 is 10.7. The van der Waals surface area contributed by atoms with Crippen LogP contribution in [0.25, 0.3) is 0 Å². The molecule has 1 unspecified atom stereocenters. The van der Waals surface area contributed by atoms with E-state index < -0.39 is 24.0 Å². The summed E-state index contributed by atoms with van der Waals surface area (Å²) in [5.74, 6) is -0.723. The molecule has 0 aromatic heterocycles. The van der Waals surface area contributed by atoms with E-state index in [2.05, 4.69) is 0 Å². The van der Waals surface area contributed by atoms with Crippen molar-refractivity contribution in [2.75, 3.05) is 0 Å². The summed E-state index contributed by atoms with van der Waals surface area (Å²) in [5.41, 5.74) is 5.00. The highest BCUT2D eigenvalue weighted by molar-refractivity contribution is 5.98. The number of imide groups is 1. The molecule has 0 saturated carbocycles. The minimum absolute atomic E-state index is 0.153. The third-order valence-corrected chi connectivity index (χ3v) is 2.98. The fourth-order valence-corrected chi connectivity index (χ4v) is 1.84. The topological polar surface area (TPSA) is 108 Å². The minimum atomic E-state index is -1.19. The van der Waals surface area contributed by atoms with Crippen molar-refractivity contribution in [3.8, 4) is 11.5 Å². The van der Waals surface area contributed by atoms with Gasteiger partial charge in [-0.15, -0.1) is 0 Å². The van der Waals surface area contributed by atoms with E-state index >= 15 is 0 Å². The molecule has 0 aliphatic rings. The Kier molecular flexibility index (Phi) is 5.51. The van der Waals surface area contributed by atoms with Gasteiger partial charge < -0.3 is 15.2 Å². The van der Waals surface area contributed by atoms with Crippen LogP contribution in [-0.4, -0.2) is 24.0 Å². The van der Waals surface area contributed by atoms with Gasteiger partial charge in [0.05, 0.1) is 0 Å². The van der Waals surface area contributed by atoms with Crippen LogP contribution in [0.4, 0.5) is 4.79 Å². The average molecular weight is 328 g/mol. The third-order valence-electron chi connectivity index (χ3n) is 2.98. The number of carbonyl (C=O) groups excluding carboxylic acids is 3. The molecule has 7 heteroatoms. The first-order chi connectivity index (χ1) is 11.5. The molecule has 2 aromatic carbocycles. The van der Waals surface area contributed by atoms with Crippen LogP contribution in [0, 0.1) is 0 Å². The molecule has 3 amide bonds. The summed E-state index contributed by atoms with van der Waals surface area (Å²) in [6, 6.07) is 14.4. The number of urea groups is 1. The molecule has 0 radical (unpaired) electrons. The van der Waals surface area contributed by atoms with Crippen LogP contribution < -0.4 is 15.8 Å². The van der Waals surface area contributed by atoms with Crippen LogP contribution in [0.1, 0.15) is 17.3 Å². The summed E-state index contributed by atoms with van der Waals surface area (Å²) >= 11 is 0. The zero-order chi connectivity index (χ0) is 17.5. The van der Waals surface area contributed by atoms with Crippen LogP contribution in [0.3, 0.4) is 0 Å². The Labute approximate surface area is 138 Å². The first-order valence-corrected chi connectivity index (χ1v) is 7.10. The number of rotatable bonds is 5. The maximum atomic E-state index is 12.3. The van der Waals surface area contributed by atoms with Gasteiger partial charge in [-0.2, -0.15) is 0 Å². The van der Waals surface area contributed by atoms with E-state index in [1.54, 1.807) is 42.5 Å². The van der Waals surface area contributed by atoms with Gasteiger partial charge in [0.2, 0.25) is 0 Å². The van der Waals surface area contributed by atoms with Crippen molar-refractivity contribution in [1.29, 1.82) is 0 Å². The van der Waals surface area contributed by atoms with Gasteiger partial charge in [-0.3, -0.25) is 10.1 Å². The summed E-state index contributed by atoms with van der Waals surface area (Å²) in [5, 5.41) is 1.85. The molecule has 1 atom stereocenters. The van der Waals surface area contributed by atoms with Crippen molar-refractivity contribution in [1.82, 2.24) is 5.32 Å². The molecule has 0 fully saturated rings. The van der Waals surface area contributed by atoms with Crippen LogP contribution in [0.5, 0.6) is 11.5 Å². The lowest BCUT2D eigenvalue weighted by molar-refractivity contribution is -0.127. The molecule has 7 nitrogen and oxygen atoms in total. The molecule has 0 heterocycles. The quantitative estimate of drug-likeness (QED) is 0.818. The predicted molar refractivity (Wildman–Crippen MR) is 85.6 cm³/mol. The van der Waals surface area contributed by atoms with Gasteiger partial charge >= 0.3 is 12.0 Å². The lowest BCUT2D eigenvalue weighted by Crippen LogP contribution is -2.42. The van der Waals surface area contributed by atoms with E-state index in [1.807, 2.05) is 11.4 Å². The Hall–Kier alpha value is -3.35. The molecule has 0 aliphatic carbocycles. The number of benzene rings is 2. The van der Waals surface area contributed by atoms with Gasteiger partial charge in [0.25, 0.3) is 5.91 Å². The molecule has 0 aliphatic heterocycles. The van der Waals surface area contributed by atoms with E-state index in [0.29, 0.717) is 5.75 Å². The van der Waals surface area contributed by atoms with Crippen LogP contribution in [-0.2, 0) is 9.53 Å². The second-order valence-electron chi connectivity index (χ2n) is 4.81. The molecular formula is C17H16N2O5. The maximum Gasteiger partial charge on any atom is 0.342 e. The Morgan fingerprint density at radius 2 is 1.62 bits per heavy atom. The number of para-hydroxylation sites is 2. The van der Waals surface area contributed by atoms with E-state index in [0.717, 1.165) is 0 Å². The van der Waals surface area contributed by atoms with Gasteiger partial charge in [-0.25, -0.2) is 9.59 Å². The summed E-state index contributed by atoms with van der Waals surface area (Å²) in [6.07, 6.45) is -1.19. The molecule has 0 bridgehead atoms. The van der Waals surface area contributed by atoms with Gasteiger partial charge in [-0.05, 0) is 31.2 Å². The SMILES string of the molecule is CC(OC(=O)c1ccccc1Oc1ccccc1)C(=O)NC(N)=O. The number of nitrogens with two attached hydrogens (primary N) is 1. The largest absolute Gasteiger partial charge is 0.456 e. The number of ether oxygens (including phenoxy) is 2. The standard InChI is InChI=1S/C17H16N2O5/c1-11(15(20)19-17(18)22)23-16(21)13-9-5-6-10-14(13)24-12-7-3-2-4-8-12/h2-11H,1H3,(H3,18,19,20,22). The minimum Gasteiger partial charge on any atom is -0.456 e. The van der Waals surface area contributed by atoms with Gasteiger partial charge in [0, 0.05) is 0 Å². The summed E-state index contributed by atoms with van der Waals surface area (Å²) in [7, 11) is 0. The lowest BCUT2D eigenvalue weighted by Gasteiger charge is -2.14. The Balaban J connectivity index is 2.12. The van der Waals surface area contributed by atoms with Crippen molar-refractivity contribution in [2.45, 2.75) is 13.0 Å².